The summed E-state index contributed by atoms with van der Waals surface area (Å²) >= 11 is 0. The summed E-state index contributed by atoms with van der Waals surface area (Å²) in [6, 6.07) is 3.68. The smallest absolute Gasteiger partial charge is 0.267 e. The van der Waals surface area contributed by atoms with Crippen molar-refractivity contribution >= 4 is 5.91 Å². The van der Waals surface area contributed by atoms with E-state index >= 15 is 0 Å². The van der Waals surface area contributed by atoms with Gasteiger partial charge in [-0.15, -0.1) is 0 Å². The van der Waals surface area contributed by atoms with E-state index in [-0.39, 0.29) is 0 Å². The molecule has 1 aromatic heterocycles. The van der Waals surface area contributed by atoms with E-state index in [4.69, 9.17) is 5.73 Å². The molecule has 0 atom stereocenters. The van der Waals surface area contributed by atoms with E-state index in [0.717, 1.165) is 25.1 Å². The normalized spacial score (nSPS) is 10.8. The highest BCUT2D eigenvalue weighted by Crippen LogP contribution is 2.03. The summed E-state index contributed by atoms with van der Waals surface area (Å²) in [6.07, 6.45) is 2.65. The lowest BCUT2D eigenvalue weighted by Crippen LogP contribution is -2.23. The van der Waals surface area contributed by atoms with Gasteiger partial charge in [0.25, 0.3) is 5.91 Å². The minimum absolute atomic E-state index is 0.354. The second kappa shape index (κ2) is 6.98. The van der Waals surface area contributed by atoms with Crippen LogP contribution in [-0.2, 0) is 6.54 Å². The Morgan fingerprint density at radius 3 is 2.94 bits per heavy atom. The molecular formula is C12H20N4O. The zero-order valence-electron chi connectivity index (χ0n) is 10.4. The number of primary amides is 1. The molecular weight excluding hydrogens is 216 g/mol. The number of carbonyl (C=O) groups is 1. The van der Waals surface area contributed by atoms with Gasteiger partial charge in [0.2, 0.25) is 0 Å². The highest BCUT2D eigenvalue weighted by atomic mass is 16.1. The zero-order chi connectivity index (χ0) is 12.7. The lowest BCUT2D eigenvalue weighted by molar-refractivity contribution is 0.0994. The van der Waals surface area contributed by atoms with Crippen LogP contribution in [0.25, 0.3) is 0 Å². The van der Waals surface area contributed by atoms with Crippen molar-refractivity contribution in [3.63, 3.8) is 0 Å². The number of carbonyl (C=O) groups excluding carboxylic acids is 1. The predicted molar refractivity (Wildman–Crippen MR) is 67.6 cm³/mol. The standard InChI is InChI=1S/C12H20N4O/c1-16(2)8-4-6-14-9-10-5-3-7-15-11(10)12(13)17/h3,5,7,14H,4,6,8-9H2,1-2H3,(H2,13,17). The molecule has 5 nitrogen and oxygen atoms in total. The summed E-state index contributed by atoms with van der Waals surface area (Å²) in [6.45, 7) is 2.58. The number of amides is 1. The summed E-state index contributed by atoms with van der Waals surface area (Å²) in [4.78, 5) is 17.2. The molecule has 0 radical (unpaired) electrons. The van der Waals surface area contributed by atoms with Crippen molar-refractivity contribution in [2.45, 2.75) is 13.0 Å². The molecule has 1 rings (SSSR count). The fraction of sp³-hybridized carbons (Fsp3) is 0.500. The van der Waals surface area contributed by atoms with E-state index in [1.54, 1.807) is 6.20 Å². The Labute approximate surface area is 102 Å². The van der Waals surface area contributed by atoms with E-state index < -0.39 is 5.91 Å². The molecule has 17 heavy (non-hydrogen) atoms. The summed E-state index contributed by atoms with van der Waals surface area (Å²) in [5.41, 5.74) is 6.45. The Bertz CT molecular complexity index is 365. The van der Waals surface area contributed by atoms with Gasteiger partial charge in [0.05, 0.1) is 0 Å². The first-order chi connectivity index (χ1) is 8.11. The van der Waals surface area contributed by atoms with Crippen molar-refractivity contribution in [3.8, 4) is 0 Å². The van der Waals surface area contributed by atoms with Gasteiger partial charge in [0, 0.05) is 12.7 Å². The van der Waals surface area contributed by atoms with Crippen molar-refractivity contribution in [2.24, 2.45) is 5.73 Å². The first kappa shape index (κ1) is 13.6. The number of pyridine rings is 1. The van der Waals surface area contributed by atoms with Crippen molar-refractivity contribution in [1.29, 1.82) is 0 Å². The lowest BCUT2D eigenvalue weighted by Gasteiger charge is -2.10. The van der Waals surface area contributed by atoms with Gasteiger partial charge in [0.15, 0.2) is 0 Å². The Balaban J connectivity index is 2.39. The van der Waals surface area contributed by atoms with E-state index in [1.165, 1.54) is 0 Å². The lowest BCUT2D eigenvalue weighted by atomic mass is 10.2. The average molecular weight is 236 g/mol. The maximum atomic E-state index is 11.1. The van der Waals surface area contributed by atoms with Gasteiger partial charge in [-0.25, -0.2) is 0 Å². The highest BCUT2D eigenvalue weighted by Gasteiger charge is 2.07. The molecule has 0 aliphatic rings. The van der Waals surface area contributed by atoms with Crippen molar-refractivity contribution in [1.82, 2.24) is 15.2 Å². The van der Waals surface area contributed by atoms with Crippen LogP contribution in [0.4, 0.5) is 0 Å². The molecule has 1 heterocycles. The van der Waals surface area contributed by atoms with E-state index in [1.807, 2.05) is 26.2 Å². The van der Waals surface area contributed by atoms with Crippen molar-refractivity contribution in [2.75, 3.05) is 27.2 Å². The molecule has 5 heteroatoms. The molecule has 0 fully saturated rings. The number of rotatable bonds is 7. The molecule has 0 saturated heterocycles. The Hall–Kier alpha value is -1.46. The van der Waals surface area contributed by atoms with E-state index in [9.17, 15) is 4.79 Å². The third-order valence-electron chi connectivity index (χ3n) is 2.40. The number of nitrogens with two attached hydrogens (primary N) is 1. The molecule has 0 aromatic carbocycles. The summed E-state index contributed by atoms with van der Waals surface area (Å²) in [5, 5.41) is 3.28. The summed E-state index contributed by atoms with van der Waals surface area (Å²) in [7, 11) is 4.10. The average Bonchev–Trinajstić information content (AvgIpc) is 2.28. The number of nitrogens with zero attached hydrogens (tertiary/aromatic N) is 2. The molecule has 0 aliphatic carbocycles. The van der Waals surface area contributed by atoms with Crippen LogP contribution < -0.4 is 11.1 Å². The largest absolute Gasteiger partial charge is 0.364 e. The predicted octanol–water partition coefficient (Wildman–Crippen LogP) is 0.222. The topological polar surface area (TPSA) is 71.2 Å². The second-order valence-electron chi connectivity index (χ2n) is 4.21. The number of hydrogen-bond acceptors (Lipinski definition) is 4. The molecule has 1 amide bonds. The molecule has 3 N–H and O–H groups in total. The van der Waals surface area contributed by atoms with Gasteiger partial charge in [0.1, 0.15) is 5.69 Å². The number of hydrogen-bond donors (Lipinski definition) is 2. The van der Waals surface area contributed by atoms with Crippen LogP contribution in [0, 0.1) is 0 Å². The van der Waals surface area contributed by atoms with E-state index in [0.29, 0.717) is 12.2 Å². The zero-order valence-corrected chi connectivity index (χ0v) is 10.4. The third-order valence-corrected chi connectivity index (χ3v) is 2.40. The van der Waals surface area contributed by atoms with Crippen LogP contribution in [0.2, 0.25) is 0 Å². The maximum absolute atomic E-state index is 11.1. The Morgan fingerprint density at radius 1 is 1.53 bits per heavy atom. The van der Waals surface area contributed by atoms with Crippen LogP contribution in [0.3, 0.4) is 0 Å². The number of aromatic nitrogens is 1. The van der Waals surface area contributed by atoms with Crippen LogP contribution in [-0.4, -0.2) is 43.0 Å². The molecule has 1 aromatic rings. The van der Waals surface area contributed by atoms with Crippen LogP contribution in [0.5, 0.6) is 0 Å². The van der Waals surface area contributed by atoms with Crippen LogP contribution >= 0.6 is 0 Å². The van der Waals surface area contributed by atoms with Crippen LogP contribution in [0.1, 0.15) is 22.5 Å². The molecule has 94 valence electrons. The third kappa shape index (κ3) is 4.93. The van der Waals surface area contributed by atoms with Gasteiger partial charge in [-0.2, -0.15) is 0 Å². The van der Waals surface area contributed by atoms with Crippen molar-refractivity contribution in [3.05, 3.63) is 29.6 Å². The van der Waals surface area contributed by atoms with Gasteiger partial charge >= 0.3 is 0 Å². The first-order valence-corrected chi connectivity index (χ1v) is 5.70. The van der Waals surface area contributed by atoms with Crippen LogP contribution in [0.15, 0.2) is 18.3 Å². The molecule has 0 bridgehead atoms. The summed E-state index contributed by atoms with van der Waals surface area (Å²) in [5.74, 6) is -0.476. The quantitative estimate of drug-likeness (QED) is 0.664. The fourth-order valence-electron chi connectivity index (χ4n) is 1.55. The highest BCUT2D eigenvalue weighted by molar-refractivity contribution is 5.92. The van der Waals surface area contributed by atoms with Gasteiger partial charge in [-0.1, -0.05) is 6.07 Å². The van der Waals surface area contributed by atoms with Gasteiger partial charge < -0.3 is 16.0 Å². The fourth-order valence-corrected chi connectivity index (χ4v) is 1.55. The minimum Gasteiger partial charge on any atom is -0.364 e. The monoisotopic (exact) mass is 236 g/mol. The molecule has 0 saturated carbocycles. The second-order valence-corrected chi connectivity index (χ2v) is 4.21. The first-order valence-electron chi connectivity index (χ1n) is 5.70. The van der Waals surface area contributed by atoms with Gasteiger partial charge in [-0.05, 0) is 45.2 Å². The molecule has 0 aliphatic heterocycles. The molecule has 0 spiro atoms. The Morgan fingerprint density at radius 2 is 2.29 bits per heavy atom. The van der Waals surface area contributed by atoms with Gasteiger partial charge in [-0.3, -0.25) is 9.78 Å². The summed E-state index contributed by atoms with van der Waals surface area (Å²) < 4.78 is 0. The minimum atomic E-state index is -0.476. The Kier molecular flexibility index (Phi) is 5.59. The number of nitrogens with one attached hydrogen (secondary N) is 1. The SMILES string of the molecule is CN(C)CCCNCc1cccnc1C(N)=O. The maximum Gasteiger partial charge on any atom is 0.267 e. The molecule has 0 unspecified atom stereocenters. The van der Waals surface area contributed by atoms with E-state index in [2.05, 4.69) is 15.2 Å². The van der Waals surface area contributed by atoms with Crippen molar-refractivity contribution < 1.29 is 4.79 Å².